The van der Waals surface area contributed by atoms with E-state index in [0.29, 0.717) is 18.1 Å². The maximum Gasteiger partial charge on any atom is 0.338 e. The summed E-state index contributed by atoms with van der Waals surface area (Å²) in [5.41, 5.74) is 4.02. The molecule has 40 heavy (non-hydrogen) atoms. The van der Waals surface area contributed by atoms with Crippen LogP contribution in [-0.2, 0) is 4.74 Å². The van der Waals surface area contributed by atoms with E-state index in [2.05, 4.69) is 30.7 Å². The van der Waals surface area contributed by atoms with Gasteiger partial charge in [0.25, 0.3) is 0 Å². The van der Waals surface area contributed by atoms with Crippen LogP contribution < -0.4 is 4.74 Å². The first-order valence-corrected chi connectivity index (χ1v) is 15.4. The fourth-order valence-electron chi connectivity index (χ4n) is 4.50. The van der Waals surface area contributed by atoms with Crippen molar-refractivity contribution >= 4 is 5.97 Å². The molecule has 0 saturated carbocycles. The molecular weight excluding hydrogens is 496 g/mol. The quantitative estimate of drug-likeness (QED) is 0.111. The SMILES string of the molecule is CCCCCCCCCCCCCOc1ccc(-c2cnc(-c3ccc(C(=O)OCC(C)CC)cc3)cn2)cc1. The molecular formula is C35H48N2O3. The van der Waals surface area contributed by atoms with Gasteiger partial charge in [-0.05, 0) is 48.7 Å². The van der Waals surface area contributed by atoms with Crippen molar-refractivity contribution in [2.75, 3.05) is 13.2 Å². The number of ether oxygens (including phenoxy) is 2. The molecule has 0 aliphatic rings. The third-order valence-corrected chi connectivity index (χ3v) is 7.43. The Labute approximate surface area is 241 Å². The Bertz CT molecular complexity index is 1090. The predicted octanol–water partition coefficient (Wildman–Crippen LogP) is 9.70. The van der Waals surface area contributed by atoms with Crippen LogP contribution in [0.15, 0.2) is 60.9 Å². The van der Waals surface area contributed by atoms with Crippen molar-refractivity contribution in [3.8, 4) is 28.3 Å². The van der Waals surface area contributed by atoms with Gasteiger partial charge in [0.05, 0.1) is 42.6 Å². The van der Waals surface area contributed by atoms with Crippen LogP contribution in [0.2, 0.25) is 0 Å². The molecule has 0 bridgehead atoms. The molecule has 0 aliphatic carbocycles. The van der Waals surface area contributed by atoms with E-state index in [1.165, 1.54) is 64.2 Å². The van der Waals surface area contributed by atoms with Crippen LogP contribution in [-0.4, -0.2) is 29.2 Å². The Morgan fingerprint density at radius 2 is 1.20 bits per heavy atom. The summed E-state index contributed by atoms with van der Waals surface area (Å²) in [7, 11) is 0. The van der Waals surface area contributed by atoms with Crippen molar-refractivity contribution in [1.29, 1.82) is 0 Å². The lowest BCUT2D eigenvalue weighted by atomic mass is 10.1. The van der Waals surface area contributed by atoms with E-state index in [-0.39, 0.29) is 5.97 Å². The molecule has 5 nitrogen and oxygen atoms in total. The van der Waals surface area contributed by atoms with Crippen LogP contribution >= 0.6 is 0 Å². The molecule has 3 rings (SSSR count). The van der Waals surface area contributed by atoms with Gasteiger partial charge in [-0.15, -0.1) is 0 Å². The largest absolute Gasteiger partial charge is 0.494 e. The maximum atomic E-state index is 12.2. The molecule has 0 amide bonds. The summed E-state index contributed by atoms with van der Waals surface area (Å²) in [5, 5.41) is 0. The van der Waals surface area contributed by atoms with Gasteiger partial charge in [0, 0.05) is 11.1 Å². The molecule has 216 valence electrons. The van der Waals surface area contributed by atoms with Crippen molar-refractivity contribution in [3.63, 3.8) is 0 Å². The molecule has 0 N–H and O–H groups in total. The number of nitrogens with zero attached hydrogens (tertiary/aromatic N) is 2. The minimum Gasteiger partial charge on any atom is -0.494 e. The number of carbonyl (C=O) groups excluding carboxylic acids is 1. The molecule has 1 aromatic heterocycles. The Balaban J connectivity index is 1.36. The number of hydrogen-bond acceptors (Lipinski definition) is 5. The zero-order valence-corrected chi connectivity index (χ0v) is 24.9. The first-order chi connectivity index (χ1) is 19.6. The fraction of sp³-hybridized carbons (Fsp3) is 0.514. The second kappa shape index (κ2) is 18.2. The highest BCUT2D eigenvalue weighted by Crippen LogP contribution is 2.23. The van der Waals surface area contributed by atoms with E-state index in [1.807, 2.05) is 36.4 Å². The van der Waals surface area contributed by atoms with E-state index in [1.54, 1.807) is 24.5 Å². The first kappa shape index (κ1) is 31.3. The monoisotopic (exact) mass is 544 g/mol. The lowest BCUT2D eigenvalue weighted by Crippen LogP contribution is -2.11. The molecule has 0 saturated heterocycles. The highest BCUT2D eigenvalue weighted by molar-refractivity contribution is 5.90. The normalized spacial score (nSPS) is 11.8. The Morgan fingerprint density at radius 3 is 1.70 bits per heavy atom. The lowest BCUT2D eigenvalue weighted by Gasteiger charge is -2.10. The lowest BCUT2D eigenvalue weighted by molar-refractivity contribution is 0.0447. The van der Waals surface area contributed by atoms with Crippen molar-refractivity contribution in [1.82, 2.24) is 9.97 Å². The van der Waals surface area contributed by atoms with Crippen LogP contribution in [0.25, 0.3) is 22.5 Å². The molecule has 3 aromatic rings. The van der Waals surface area contributed by atoms with Gasteiger partial charge in [0.15, 0.2) is 0 Å². The van der Waals surface area contributed by atoms with E-state index in [4.69, 9.17) is 9.47 Å². The fourth-order valence-corrected chi connectivity index (χ4v) is 4.50. The van der Waals surface area contributed by atoms with Gasteiger partial charge in [0.2, 0.25) is 0 Å². The molecule has 2 aromatic carbocycles. The summed E-state index contributed by atoms with van der Waals surface area (Å²) in [6.45, 7) is 7.63. The number of hydrogen-bond donors (Lipinski definition) is 0. The smallest absolute Gasteiger partial charge is 0.338 e. The van der Waals surface area contributed by atoms with Crippen LogP contribution in [0.4, 0.5) is 0 Å². The highest BCUT2D eigenvalue weighted by atomic mass is 16.5. The maximum absolute atomic E-state index is 12.2. The minimum atomic E-state index is -0.292. The van der Waals surface area contributed by atoms with Crippen molar-refractivity contribution < 1.29 is 14.3 Å². The zero-order chi connectivity index (χ0) is 28.4. The summed E-state index contributed by atoms with van der Waals surface area (Å²) in [4.78, 5) is 21.5. The summed E-state index contributed by atoms with van der Waals surface area (Å²) < 4.78 is 11.3. The number of carbonyl (C=O) groups is 1. The van der Waals surface area contributed by atoms with Gasteiger partial charge in [-0.25, -0.2) is 4.79 Å². The summed E-state index contributed by atoms with van der Waals surface area (Å²) in [5.74, 6) is 0.961. The minimum absolute atomic E-state index is 0.292. The van der Waals surface area contributed by atoms with Gasteiger partial charge in [-0.3, -0.25) is 9.97 Å². The van der Waals surface area contributed by atoms with E-state index in [9.17, 15) is 4.79 Å². The molecule has 1 heterocycles. The number of esters is 1. The van der Waals surface area contributed by atoms with Crippen LogP contribution in [0.1, 0.15) is 108 Å². The van der Waals surface area contributed by atoms with Gasteiger partial charge in [-0.2, -0.15) is 0 Å². The van der Waals surface area contributed by atoms with Crippen molar-refractivity contribution in [3.05, 3.63) is 66.5 Å². The van der Waals surface area contributed by atoms with Gasteiger partial charge >= 0.3 is 5.97 Å². The zero-order valence-electron chi connectivity index (χ0n) is 24.9. The average Bonchev–Trinajstić information content (AvgIpc) is 3.00. The number of aromatic nitrogens is 2. The second-order valence-electron chi connectivity index (χ2n) is 10.9. The summed E-state index contributed by atoms with van der Waals surface area (Å²) >= 11 is 0. The molecule has 0 fully saturated rings. The highest BCUT2D eigenvalue weighted by Gasteiger charge is 2.10. The third-order valence-electron chi connectivity index (χ3n) is 7.43. The summed E-state index contributed by atoms with van der Waals surface area (Å²) in [6, 6.07) is 15.4. The molecule has 0 radical (unpaired) electrons. The van der Waals surface area contributed by atoms with Gasteiger partial charge in [-0.1, -0.05) is 104 Å². The molecule has 5 heteroatoms. The Morgan fingerprint density at radius 1 is 0.700 bits per heavy atom. The first-order valence-electron chi connectivity index (χ1n) is 15.4. The van der Waals surface area contributed by atoms with Gasteiger partial charge < -0.3 is 9.47 Å². The van der Waals surface area contributed by atoms with E-state index < -0.39 is 0 Å². The van der Waals surface area contributed by atoms with Gasteiger partial charge in [0.1, 0.15) is 5.75 Å². The second-order valence-corrected chi connectivity index (χ2v) is 10.9. The standard InChI is InChI=1S/C35H48N2O3/c1-4-6-7-8-9-10-11-12-13-14-15-24-39-32-22-20-30(21-23-32)34-26-36-33(25-37-34)29-16-18-31(19-17-29)35(38)40-27-28(3)5-2/h16-23,25-26,28H,4-15,24,27H2,1-3H3. The summed E-state index contributed by atoms with van der Waals surface area (Å²) in [6.07, 6.45) is 19.2. The third kappa shape index (κ3) is 11.1. The molecule has 0 spiro atoms. The molecule has 0 aliphatic heterocycles. The van der Waals surface area contributed by atoms with E-state index in [0.717, 1.165) is 47.7 Å². The van der Waals surface area contributed by atoms with Crippen LogP contribution in [0.3, 0.4) is 0 Å². The molecule has 1 atom stereocenters. The van der Waals surface area contributed by atoms with Crippen molar-refractivity contribution in [2.24, 2.45) is 5.92 Å². The number of benzene rings is 2. The van der Waals surface area contributed by atoms with Crippen molar-refractivity contribution in [2.45, 2.75) is 97.8 Å². The Hall–Kier alpha value is -3.21. The van der Waals surface area contributed by atoms with Crippen LogP contribution in [0.5, 0.6) is 5.75 Å². The number of rotatable bonds is 19. The topological polar surface area (TPSA) is 61.3 Å². The predicted molar refractivity (Wildman–Crippen MR) is 165 cm³/mol. The van der Waals surface area contributed by atoms with E-state index >= 15 is 0 Å². The average molecular weight is 545 g/mol. The van der Waals surface area contributed by atoms with Crippen LogP contribution in [0, 0.1) is 5.92 Å². The Kier molecular flexibility index (Phi) is 14.2. The molecule has 1 unspecified atom stereocenters. The number of unbranched alkanes of at least 4 members (excludes halogenated alkanes) is 10.